The Bertz CT molecular complexity index is 387. The van der Waals surface area contributed by atoms with Crippen molar-refractivity contribution >= 4 is 23.1 Å². The van der Waals surface area contributed by atoms with Crippen LogP contribution in [0.4, 0.5) is 11.5 Å². The summed E-state index contributed by atoms with van der Waals surface area (Å²) in [6.45, 7) is 4.00. The van der Waals surface area contributed by atoms with Gasteiger partial charge in [0.15, 0.2) is 5.82 Å². The van der Waals surface area contributed by atoms with Crippen LogP contribution in [0.2, 0.25) is 5.28 Å². The second-order valence-corrected chi connectivity index (χ2v) is 4.72. The first-order valence-corrected chi connectivity index (χ1v) is 5.46. The van der Waals surface area contributed by atoms with Crippen LogP contribution < -0.4 is 11.1 Å². The van der Waals surface area contributed by atoms with E-state index in [1.165, 1.54) is 6.42 Å². The predicted molar refractivity (Wildman–Crippen MR) is 62.1 cm³/mol. The van der Waals surface area contributed by atoms with E-state index in [2.05, 4.69) is 22.2 Å². The fourth-order valence-corrected chi connectivity index (χ4v) is 1.97. The molecule has 4 nitrogen and oxygen atoms in total. The first-order valence-electron chi connectivity index (χ1n) is 5.08. The molecule has 1 aliphatic carbocycles. The lowest BCUT2D eigenvalue weighted by Crippen LogP contribution is -2.42. The summed E-state index contributed by atoms with van der Waals surface area (Å²) < 4.78 is 0. The van der Waals surface area contributed by atoms with Crippen molar-refractivity contribution in [2.24, 2.45) is 0 Å². The van der Waals surface area contributed by atoms with Gasteiger partial charge in [-0.2, -0.15) is 4.98 Å². The fraction of sp³-hybridized carbons (Fsp3) is 0.600. The van der Waals surface area contributed by atoms with E-state index in [-0.39, 0.29) is 10.8 Å². The number of hydrogen-bond acceptors (Lipinski definition) is 4. The Balaban J connectivity index is 2.27. The molecule has 1 aromatic rings. The van der Waals surface area contributed by atoms with Gasteiger partial charge in [-0.05, 0) is 44.7 Å². The first-order chi connectivity index (χ1) is 7.00. The van der Waals surface area contributed by atoms with Gasteiger partial charge in [0.05, 0.1) is 11.4 Å². The number of halogens is 1. The van der Waals surface area contributed by atoms with Crippen LogP contribution in [0.25, 0.3) is 0 Å². The van der Waals surface area contributed by atoms with Crippen molar-refractivity contribution in [3.05, 3.63) is 11.0 Å². The molecular weight excluding hydrogens is 212 g/mol. The Kier molecular flexibility index (Phi) is 2.46. The summed E-state index contributed by atoms with van der Waals surface area (Å²) in [6.07, 6.45) is 3.54. The van der Waals surface area contributed by atoms with Crippen LogP contribution in [-0.4, -0.2) is 15.5 Å². The maximum Gasteiger partial charge on any atom is 0.224 e. The molecule has 0 aromatic carbocycles. The molecule has 0 aliphatic heterocycles. The summed E-state index contributed by atoms with van der Waals surface area (Å²) in [7, 11) is 0. The smallest absolute Gasteiger partial charge is 0.224 e. The first kappa shape index (κ1) is 10.5. The van der Waals surface area contributed by atoms with Gasteiger partial charge < -0.3 is 11.1 Å². The quantitative estimate of drug-likeness (QED) is 0.760. The average molecular weight is 227 g/mol. The summed E-state index contributed by atoms with van der Waals surface area (Å²) in [5.41, 5.74) is 7.33. The van der Waals surface area contributed by atoms with Crippen molar-refractivity contribution in [3.63, 3.8) is 0 Å². The molecule has 0 amide bonds. The van der Waals surface area contributed by atoms with Gasteiger partial charge in [0.1, 0.15) is 0 Å². The van der Waals surface area contributed by atoms with E-state index < -0.39 is 0 Å². The number of rotatable bonds is 2. The number of anilines is 2. The highest BCUT2D eigenvalue weighted by molar-refractivity contribution is 6.28. The molecule has 1 aliphatic rings. The van der Waals surface area contributed by atoms with Crippen molar-refractivity contribution < 1.29 is 0 Å². The molecule has 5 heteroatoms. The van der Waals surface area contributed by atoms with Gasteiger partial charge >= 0.3 is 0 Å². The third kappa shape index (κ3) is 2.00. The molecular formula is C10H15ClN4. The van der Waals surface area contributed by atoms with Crippen molar-refractivity contribution in [3.8, 4) is 0 Å². The minimum atomic E-state index is 0.123. The maximum atomic E-state index is 5.89. The van der Waals surface area contributed by atoms with Gasteiger partial charge in [-0.1, -0.05) is 0 Å². The third-order valence-electron chi connectivity index (χ3n) is 2.99. The standard InChI is InChI=1S/C10H15ClN4/c1-6-7(12)8(14-9(11)13-6)15-10(2)4-3-5-10/h3-5,12H2,1-2H3,(H,13,14,15). The van der Waals surface area contributed by atoms with E-state index in [0.29, 0.717) is 11.5 Å². The van der Waals surface area contributed by atoms with Crippen molar-refractivity contribution in [1.29, 1.82) is 0 Å². The highest BCUT2D eigenvalue weighted by Crippen LogP contribution is 2.36. The van der Waals surface area contributed by atoms with Gasteiger partial charge in [-0.15, -0.1) is 0 Å². The molecule has 15 heavy (non-hydrogen) atoms. The number of aryl methyl sites for hydroxylation is 1. The Labute approximate surface area is 94.2 Å². The minimum absolute atomic E-state index is 0.123. The lowest BCUT2D eigenvalue weighted by molar-refractivity contribution is 0.306. The van der Waals surface area contributed by atoms with E-state index in [9.17, 15) is 0 Å². The number of nitrogens with one attached hydrogen (secondary N) is 1. The minimum Gasteiger partial charge on any atom is -0.394 e. The molecule has 1 saturated carbocycles. The Morgan fingerprint density at radius 2 is 2.07 bits per heavy atom. The van der Waals surface area contributed by atoms with Gasteiger partial charge in [-0.3, -0.25) is 0 Å². The molecule has 0 atom stereocenters. The SMILES string of the molecule is Cc1nc(Cl)nc(NC2(C)CCC2)c1N. The number of aromatic nitrogens is 2. The van der Waals surface area contributed by atoms with Crippen LogP contribution in [0, 0.1) is 6.92 Å². The van der Waals surface area contributed by atoms with Crippen molar-refractivity contribution in [2.45, 2.75) is 38.6 Å². The molecule has 3 N–H and O–H groups in total. The van der Waals surface area contributed by atoms with Gasteiger partial charge in [-0.25, -0.2) is 4.98 Å². The summed E-state index contributed by atoms with van der Waals surface area (Å²) >= 11 is 5.79. The van der Waals surface area contributed by atoms with Crippen molar-refractivity contribution in [1.82, 2.24) is 9.97 Å². The van der Waals surface area contributed by atoms with Crippen LogP contribution >= 0.6 is 11.6 Å². The normalized spacial score (nSPS) is 18.3. The Morgan fingerprint density at radius 1 is 1.40 bits per heavy atom. The Morgan fingerprint density at radius 3 is 2.60 bits per heavy atom. The summed E-state index contributed by atoms with van der Waals surface area (Å²) in [6, 6.07) is 0. The maximum absolute atomic E-state index is 5.89. The van der Waals surface area contributed by atoms with E-state index in [4.69, 9.17) is 17.3 Å². The van der Waals surface area contributed by atoms with Crippen LogP contribution in [0.3, 0.4) is 0 Å². The molecule has 2 rings (SSSR count). The molecule has 1 fully saturated rings. The highest BCUT2D eigenvalue weighted by Gasteiger charge is 2.32. The number of nitrogens with zero attached hydrogens (tertiary/aromatic N) is 2. The zero-order valence-electron chi connectivity index (χ0n) is 8.97. The molecule has 1 heterocycles. The van der Waals surface area contributed by atoms with Gasteiger partial charge in [0.25, 0.3) is 0 Å². The number of hydrogen-bond donors (Lipinski definition) is 2. The monoisotopic (exact) mass is 226 g/mol. The molecule has 0 spiro atoms. The zero-order valence-corrected chi connectivity index (χ0v) is 9.73. The number of nitrogen functional groups attached to an aromatic ring is 1. The zero-order chi connectivity index (χ0) is 11.1. The molecule has 0 unspecified atom stereocenters. The Hall–Kier alpha value is -1.03. The van der Waals surface area contributed by atoms with Crippen LogP contribution in [0.15, 0.2) is 0 Å². The van der Waals surface area contributed by atoms with Gasteiger partial charge in [0, 0.05) is 5.54 Å². The summed E-state index contributed by atoms with van der Waals surface area (Å²) in [4.78, 5) is 8.12. The van der Waals surface area contributed by atoms with E-state index in [0.717, 1.165) is 18.5 Å². The van der Waals surface area contributed by atoms with Crippen LogP contribution in [0.5, 0.6) is 0 Å². The second-order valence-electron chi connectivity index (χ2n) is 4.38. The lowest BCUT2D eigenvalue weighted by atomic mass is 9.78. The van der Waals surface area contributed by atoms with Crippen LogP contribution in [0.1, 0.15) is 31.9 Å². The second kappa shape index (κ2) is 3.52. The molecule has 1 aromatic heterocycles. The van der Waals surface area contributed by atoms with Gasteiger partial charge in [0.2, 0.25) is 5.28 Å². The third-order valence-corrected chi connectivity index (χ3v) is 3.16. The van der Waals surface area contributed by atoms with E-state index in [1.807, 2.05) is 6.92 Å². The highest BCUT2D eigenvalue weighted by atomic mass is 35.5. The largest absolute Gasteiger partial charge is 0.394 e. The van der Waals surface area contributed by atoms with Crippen LogP contribution in [-0.2, 0) is 0 Å². The lowest BCUT2D eigenvalue weighted by Gasteiger charge is -2.39. The number of nitrogens with two attached hydrogens (primary N) is 1. The van der Waals surface area contributed by atoms with E-state index >= 15 is 0 Å². The fourth-order valence-electron chi connectivity index (χ4n) is 1.76. The molecule has 0 radical (unpaired) electrons. The van der Waals surface area contributed by atoms with E-state index in [1.54, 1.807) is 0 Å². The average Bonchev–Trinajstić information content (AvgIpc) is 2.11. The summed E-state index contributed by atoms with van der Waals surface area (Å²) in [5.74, 6) is 0.662. The molecule has 0 saturated heterocycles. The topological polar surface area (TPSA) is 63.8 Å². The summed E-state index contributed by atoms with van der Waals surface area (Å²) in [5, 5.41) is 3.59. The van der Waals surface area contributed by atoms with Crippen molar-refractivity contribution in [2.75, 3.05) is 11.1 Å². The predicted octanol–water partition coefficient (Wildman–Crippen LogP) is 2.38. The molecule has 82 valence electrons. The molecule has 0 bridgehead atoms.